The molecule has 1 N–H and O–H groups in total. The van der Waals surface area contributed by atoms with E-state index in [1.54, 1.807) is 0 Å². The van der Waals surface area contributed by atoms with Gasteiger partial charge in [-0.05, 0) is 42.1 Å². The normalized spacial score (nSPS) is 17.3. The highest BCUT2D eigenvalue weighted by atomic mass is 28.4. The Balaban J connectivity index is 1.84. The topological polar surface area (TPSA) is 32.7 Å². The lowest BCUT2D eigenvalue weighted by Gasteiger charge is -2.41. The average Bonchev–Trinajstić information content (AvgIpc) is 3.40. The van der Waals surface area contributed by atoms with E-state index in [9.17, 15) is 5.11 Å². The maximum atomic E-state index is 11.2. The quantitative estimate of drug-likeness (QED) is 0.545. The van der Waals surface area contributed by atoms with Gasteiger partial charge in [0.15, 0.2) is 8.32 Å². The van der Waals surface area contributed by atoms with Crippen LogP contribution in [0.25, 0.3) is 0 Å². The highest BCUT2D eigenvalue weighted by molar-refractivity contribution is 6.74. The molecule has 0 radical (unpaired) electrons. The summed E-state index contributed by atoms with van der Waals surface area (Å²) in [5.74, 6) is 0. The fourth-order valence-corrected chi connectivity index (χ4v) is 4.49. The van der Waals surface area contributed by atoms with Crippen molar-refractivity contribution < 1.29 is 9.53 Å². The lowest BCUT2D eigenvalue weighted by Crippen LogP contribution is -2.51. The van der Waals surface area contributed by atoms with Crippen LogP contribution in [0.5, 0.6) is 0 Å². The monoisotopic (exact) mass is 411 g/mol. The first-order valence-corrected chi connectivity index (χ1v) is 13.7. The summed E-state index contributed by atoms with van der Waals surface area (Å²) in [7, 11) is -1.89. The van der Waals surface area contributed by atoms with Crippen LogP contribution in [0.15, 0.2) is 60.7 Å². The van der Waals surface area contributed by atoms with E-state index in [-0.39, 0.29) is 11.1 Å². The molecule has 0 amide bonds. The lowest BCUT2D eigenvalue weighted by molar-refractivity contribution is -0.00637. The second kappa shape index (κ2) is 8.72. The molecule has 1 unspecified atom stereocenters. The van der Waals surface area contributed by atoms with Gasteiger partial charge in [-0.25, -0.2) is 0 Å². The van der Waals surface area contributed by atoms with Gasteiger partial charge in [-0.1, -0.05) is 81.4 Å². The van der Waals surface area contributed by atoms with E-state index in [0.717, 1.165) is 25.9 Å². The minimum Gasteiger partial charge on any atom is -0.415 e. The number of hydrogen-bond acceptors (Lipinski definition) is 3. The second-order valence-electron chi connectivity index (χ2n) is 10.1. The Labute approximate surface area is 177 Å². The summed E-state index contributed by atoms with van der Waals surface area (Å²) in [6.07, 6.45) is 1.72. The maximum Gasteiger partial charge on any atom is 0.192 e. The van der Waals surface area contributed by atoms with E-state index < -0.39 is 13.9 Å². The molecule has 1 saturated carbocycles. The number of aliphatic hydroxyl groups is 1. The van der Waals surface area contributed by atoms with Crippen LogP contribution < -0.4 is 0 Å². The van der Waals surface area contributed by atoms with Gasteiger partial charge >= 0.3 is 0 Å². The fourth-order valence-electron chi connectivity index (χ4n) is 3.48. The second-order valence-corrected chi connectivity index (χ2v) is 14.9. The minimum absolute atomic E-state index is 0.00274. The van der Waals surface area contributed by atoms with Gasteiger partial charge < -0.3 is 9.53 Å². The predicted molar refractivity (Wildman–Crippen MR) is 123 cm³/mol. The molecule has 2 aromatic carbocycles. The van der Waals surface area contributed by atoms with Gasteiger partial charge in [-0.3, -0.25) is 4.90 Å². The highest BCUT2D eigenvalue weighted by Crippen LogP contribution is 2.43. The number of nitrogens with zero attached hydrogens (tertiary/aromatic N) is 1. The van der Waals surface area contributed by atoms with Gasteiger partial charge in [-0.2, -0.15) is 0 Å². The zero-order valence-electron chi connectivity index (χ0n) is 18.7. The summed E-state index contributed by atoms with van der Waals surface area (Å²) >= 11 is 0. The zero-order valence-corrected chi connectivity index (χ0v) is 19.7. The van der Waals surface area contributed by atoms with Crippen molar-refractivity contribution in [3.05, 3.63) is 71.8 Å². The molecule has 1 fully saturated rings. The maximum absolute atomic E-state index is 11.2. The number of hydrogen-bond donors (Lipinski definition) is 1. The highest BCUT2D eigenvalue weighted by Gasteiger charge is 2.51. The Morgan fingerprint density at radius 3 is 1.76 bits per heavy atom. The van der Waals surface area contributed by atoms with Crippen LogP contribution in [-0.2, 0) is 17.5 Å². The van der Waals surface area contributed by atoms with Crippen molar-refractivity contribution in [2.75, 3.05) is 6.61 Å². The van der Waals surface area contributed by atoms with Crippen molar-refractivity contribution in [2.24, 2.45) is 0 Å². The van der Waals surface area contributed by atoms with Crippen molar-refractivity contribution in [2.45, 2.75) is 76.5 Å². The molecule has 0 heterocycles. The Hall–Kier alpha value is -1.46. The van der Waals surface area contributed by atoms with Crippen LogP contribution in [-0.4, -0.2) is 36.6 Å². The first-order valence-electron chi connectivity index (χ1n) is 10.8. The van der Waals surface area contributed by atoms with Crippen molar-refractivity contribution in [3.8, 4) is 0 Å². The van der Waals surface area contributed by atoms with Gasteiger partial charge in [0.1, 0.15) is 0 Å². The van der Waals surface area contributed by atoms with Gasteiger partial charge in [0.05, 0.1) is 18.2 Å². The molecular weight excluding hydrogens is 374 g/mol. The molecule has 3 nitrogen and oxygen atoms in total. The van der Waals surface area contributed by atoms with Gasteiger partial charge in [-0.15, -0.1) is 0 Å². The van der Waals surface area contributed by atoms with Crippen molar-refractivity contribution in [1.82, 2.24) is 4.90 Å². The molecule has 1 atom stereocenters. The molecule has 3 rings (SSSR count). The van der Waals surface area contributed by atoms with Crippen LogP contribution in [0.3, 0.4) is 0 Å². The van der Waals surface area contributed by atoms with Crippen LogP contribution in [0, 0.1) is 0 Å². The summed E-state index contributed by atoms with van der Waals surface area (Å²) in [4.78, 5) is 2.42. The third-order valence-corrected chi connectivity index (χ3v) is 11.2. The van der Waals surface area contributed by atoms with E-state index in [0.29, 0.717) is 6.61 Å². The molecule has 2 aromatic rings. The molecule has 0 saturated heterocycles. The summed E-state index contributed by atoms with van der Waals surface area (Å²) < 4.78 is 6.62. The van der Waals surface area contributed by atoms with E-state index >= 15 is 0 Å². The van der Waals surface area contributed by atoms with E-state index in [1.165, 1.54) is 11.1 Å². The van der Waals surface area contributed by atoms with Crippen LogP contribution >= 0.6 is 0 Å². The minimum atomic E-state index is -1.89. The molecule has 1 aliphatic carbocycles. The Morgan fingerprint density at radius 1 is 0.931 bits per heavy atom. The Kier molecular flexibility index (Phi) is 6.69. The van der Waals surface area contributed by atoms with Gasteiger partial charge in [0.2, 0.25) is 0 Å². The predicted octanol–water partition coefficient (Wildman–Crippen LogP) is 5.60. The molecule has 158 valence electrons. The van der Waals surface area contributed by atoms with Crippen LogP contribution in [0.1, 0.15) is 44.7 Å². The molecule has 0 aromatic heterocycles. The number of benzene rings is 2. The van der Waals surface area contributed by atoms with Crippen molar-refractivity contribution in [3.63, 3.8) is 0 Å². The van der Waals surface area contributed by atoms with E-state index in [1.807, 2.05) is 0 Å². The van der Waals surface area contributed by atoms with Crippen molar-refractivity contribution in [1.29, 1.82) is 0 Å². The zero-order chi connectivity index (χ0) is 21.1. The smallest absolute Gasteiger partial charge is 0.192 e. The molecule has 4 heteroatoms. The summed E-state index contributed by atoms with van der Waals surface area (Å²) in [5.41, 5.74) is 1.90. The third-order valence-electron chi connectivity index (χ3n) is 6.69. The molecule has 0 aliphatic heterocycles. The van der Waals surface area contributed by atoms with E-state index in [2.05, 4.69) is 99.4 Å². The Bertz CT molecular complexity index is 725. The SMILES string of the molecule is CC(C)(C)[Si](C)(C)OCC(N(Cc1ccccc1)Cc1ccccc1)C1(O)CC1. The summed E-state index contributed by atoms with van der Waals surface area (Å²) in [6, 6.07) is 21.1. The number of rotatable bonds is 9. The average molecular weight is 412 g/mol. The lowest BCUT2D eigenvalue weighted by atomic mass is 10.0. The first-order chi connectivity index (χ1) is 13.6. The largest absolute Gasteiger partial charge is 0.415 e. The van der Waals surface area contributed by atoms with Crippen LogP contribution in [0.4, 0.5) is 0 Å². The molecule has 0 spiro atoms. The summed E-state index contributed by atoms with van der Waals surface area (Å²) in [5, 5.41) is 11.4. The third kappa shape index (κ3) is 5.79. The first kappa shape index (κ1) is 22.2. The molecule has 0 bridgehead atoms. The molecule has 1 aliphatic rings. The van der Waals surface area contributed by atoms with Gasteiger partial charge in [0, 0.05) is 13.1 Å². The summed E-state index contributed by atoms with van der Waals surface area (Å²) in [6.45, 7) is 13.6. The van der Waals surface area contributed by atoms with Gasteiger partial charge in [0.25, 0.3) is 0 Å². The molecule has 29 heavy (non-hydrogen) atoms. The van der Waals surface area contributed by atoms with Crippen molar-refractivity contribution >= 4 is 8.32 Å². The fraction of sp³-hybridized carbons (Fsp3) is 0.520. The Morgan fingerprint density at radius 2 is 1.38 bits per heavy atom. The van der Waals surface area contributed by atoms with Crippen LogP contribution in [0.2, 0.25) is 18.1 Å². The standard InChI is InChI=1S/C25H37NO2Si/c1-24(2,3)29(4,5)28-20-23(25(27)16-17-25)26(18-21-12-8-6-9-13-21)19-22-14-10-7-11-15-22/h6-15,23,27H,16-20H2,1-5H3. The molecular formula is C25H37NO2Si. The van der Waals surface area contributed by atoms with E-state index in [4.69, 9.17) is 4.43 Å².